The fourth-order valence-corrected chi connectivity index (χ4v) is 1.95. The lowest BCUT2D eigenvalue weighted by molar-refractivity contribution is -0.137. The van der Waals surface area contributed by atoms with Gasteiger partial charge in [0.2, 0.25) is 0 Å². The number of methoxy groups -OCH3 is 1. The number of hydrogen-bond donors (Lipinski definition) is 2. The van der Waals surface area contributed by atoms with Crippen molar-refractivity contribution in [1.29, 1.82) is 0 Å². The Morgan fingerprint density at radius 3 is 2.89 bits per heavy atom. The molecule has 0 amide bonds. The maximum absolute atomic E-state index is 10.7. The molecule has 0 aliphatic rings. The highest BCUT2D eigenvalue weighted by molar-refractivity contribution is 5.68. The third kappa shape index (κ3) is 2.93. The molecule has 100 valence electrons. The average molecular weight is 260 g/mol. The number of hydrogen-bond acceptors (Lipinski definition) is 3. The first-order chi connectivity index (χ1) is 9.11. The zero-order valence-corrected chi connectivity index (χ0v) is 10.9. The topological polar surface area (TPSA) is 75.2 Å². The van der Waals surface area contributed by atoms with Crippen LogP contribution in [-0.4, -0.2) is 28.2 Å². The summed E-state index contributed by atoms with van der Waals surface area (Å²) in [5, 5.41) is 8.79. The number of aromatic nitrogens is 2. The van der Waals surface area contributed by atoms with E-state index in [0.717, 1.165) is 17.0 Å². The van der Waals surface area contributed by atoms with Gasteiger partial charge in [-0.1, -0.05) is 19.1 Å². The van der Waals surface area contributed by atoms with Gasteiger partial charge in [0.15, 0.2) is 0 Å². The van der Waals surface area contributed by atoms with E-state index in [4.69, 9.17) is 9.84 Å². The van der Waals surface area contributed by atoms with E-state index in [1.807, 2.05) is 31.2 Å². The number of nitrogens with one attached hydrogen (secondary N) is 1. The number of benzene rings is 1. The molecule has 1 aromatic carbocycles. The van der Waals surface area contributed by atoms with Gasteiger partial charge in [-0.25, -0.2) is 4.98 Å². The van der Waals surface area contributed by atoms with Crippen molar-refractivity contribution in [2.24, 2.45) is 0 Å². The van der Waals surface area contributed by atoms with Crippen molar-refractivity contribution in [3.05, 3.63) is 36.3 Å². The second-order valence-electron chi connectivity index (χ2n) is 4.38. The SMILES string of the molecule is COc1ccccc1-c1cnc(C(C)CC(=O)O)[nH]1. The predicted octanol–water partition coefficient (Wildman–Crippen LogP) is 2.66. The molecule has 2 N–H and O–H groups in total. The number of carboxylic acids is 1. The number of aliphatic carboxylic acids is 1. The Kier molecular flexibility index (Phi) is 3.85. The van der Waals surface area contributed by atoms with Gasteiger partial charge >= 0.3 is 5.97 Å². The number of rotatable bonds is 5. The number of nitrogens with zero attached hydrogens (tertiary/aromatic N) is 1. The number of H-pyrrole nitrogens is 1. The monoisotopic (exact) mass is 260 g/mol. The molecule has 0 aliphatic carbocycles. The summed E-state index contributed by atoms with van der Waals surface area (Å²) < 4.78 is 5.29. The zero-order valence-electron chi connectivity index (χ0n) is 10.9. The largest absolute Gasteiger partial charge is 0.496 e. The molecule has 0 aliphatic heterocycles. The summed E-state index contributed by atoms with van der Waals surface area (Å²) in [6.07, 6.45) is 1.75. The van der Waals surface area contributed by atoms with Gasteiger partial charge in [-0.15, -0.1) is 0 Å². The number of carboxylic acid groups (broad SMARTS) is 1. The van der Waals surface area contributed by atoms with Crippen molar-refractivity contribution in [2.75, 3.05) is 7.11 Å². The van der Waals surface area contributed by atoms with Gasteiger partial charge in [0.05, 0.1) is 25.4 Å². The highest BCUT2D eigenvalue weighted by Gasteiger charge is 2.15. The summed E-state index contributed by atoms with van der Waals surface area (Å²) in [6, 6.07) is 7.61. The minimum absolute atomic E-state index is 0.0544. The van der Waals surface area contributed by atoms with Crippen LogP contribution < -0.4 is 4.74 Å². The van der Waals surface area contributed by atoms with Crippen LogP contribution in [0.3, 0.4) is 0 Å². The molecule has 2 rings (SSSR count). The highest BCUT2D eigenvalue weighted by Crippen LogP contribution is 2.29. The maximum atomic E-state index is 10.7. The summed E-state index contributed by atoms with van der Waals surface area (Å²) in [4.78, 5) is 18.1. The fourth-order valence-electron chi connectivity index (χ4n) is 1.95. The van der Waals surface area contributed by atoms with Crippen LogP contribution >= 0.6 is 0 Å². The minimum atomic E-state index is -0.831. The summed E-state index contributed by atoms with van der Waals surface area (Å²) >= 11 is 0. The Hall–Kier alpha value is -2.30. The lowest BCUT2D eigenvalue weighted by Crippen LogP contribution is -2.04. The number of ether oxygens (including phenoxy) is 1. The summed E-state index contributed by atoms with van der Waals surface area (Å²) in [7, 11) is 1.61. The van der Waals surface area contributed by atoms with Crippen molar-refractivity contribution in [3.8, 4) is 17.0 Å². The normalized spacial score (nSPS) is 12.1. The van der Waals surface area contributed by atoms with Crippen molar-refractivity contribution in [2.45, 2.75) is 19.3 Å². The summed E-state index contributed by atoms with van der Waals surface area (Å²) in [5.74, 6) is 0.440. The molecule has 1 aromatic heterocycles. The first-order valence-corrected chi connectivity index (χ1v) is 6.02. The van der Waals surface area contributed by atoms with E-state index in [1.165, 1.54) is 0 Å². The lowest BCUT2D eigenvalue weighted by atomic mass is 10.1. The smallest absolute Gasteiger partial charge is 0.304 e. The van der Waals surface area contributed by atoms with E-state index in [0.29, 0.717) is 5.82 Å². The standard InChI is InChI=1S/C14H16N2O3/c1-9(7-13(17)18)14-15-8-11(16-14)10-5-3-4-6-12(10)19-2/h3-6,8-9H,7H2,1-2H3,(H,15,16)(H,17,18). The number of aromatic amines is 1. The molecule has 1 heterocycles. The van der Waals surface area contributed by atoms with Crippen LogP contribution in [0.25, 0.3) is 11.3 Å². The molecule has 0 bridgehead atoms. The van der Waals surface area contributed by atoms with Crippen LogP contribution in [0.5, 0.6) is 5.75 Å². The molecule has 0 radical (unpaired) electrons. The second-order valence-corrected chi connectivity index (χ2v) is 4.38. The molecule has 5 nitrogen and oxygen atoms in total. The maximum Gasteiger partial charge on any atom is 0.304 e. The van der Waals surface area contributed by atoms with Crippen molar-refractivity contribution < 1.29 is 14.6 Å². The van der Waals surface area contributed by atoms with E-state index in [1.54, 1.807) is 13.3 Å². The third-order valence-electron chi connectivity index (χ3n) is 2.94. The van der Waals surface area contributed by atoms with Crippen LogP contribution in [0.15, 0.2) is 30.5 Å². The predicted molar refractivity (Wildman–Crippen MR) is 71.2 cm³/mol. The van der Waals surface area contributed by atoms with Gasteiger partial charge in [0, 0.05) is 11.5 Å². The van der Waals surface area contributed by atoms with Gasteiger partial charge in [-0.3, -0.25) is 4.79 Å². The fraction of sp³-hybridized carbons (Fsp3) is 0.286. The van der Waals surface area contributed by atoms with Crippen molar-refractivity contribution >= 4 is 5.97 Å². The molecule has 1 atom stereocenters. The minimum Gasteiger partial charge on any atom is -0.496 e. The van der Waals surface area contributed by atoms with E-state index in [-0.39, 0.29) is 12.3 Å². The lowest BCUT2D eigenvalue weighted by Gasteiger charge is -2.06. The Morgan fingerprint density at radius 2 is 2.21 bits per heavy atom. The van der Waals surface area contributed by atoms with E-state index >= 15 is 0 Å². The number of carbonyl (C=O) groups is 1. The van der Waals surface area contributed by atoms with E-state index < -0.39 is 5.97 Å². The number of para-hydroxylation sites is 1. The Balaban J connectivity index is 2.28. The van der Waals surface area contributed by atoms with Crippen LogP contribution in [-0.2, 0) is 4.79 Å². The molecule has 0 saturated heterocycles. The van der Waals surface area contributed by atoms with Crippen LogP contribution in [0, 0.1) is 0 Å². The molecule has 1 unspecified atom stereocenters. The second kappa shape index (κ2) is 5.56. The summed E-state index contributed by atoms with van der Waals surface area (Å²) in [6.45, 7) is 1.83. The van der Waals surface area contributed by atoms with Gasteiger partial charge in [-0.05, 0) is 12.1 Å². The first-order valence-electron chi connectivity index (χ1n) is 6.02. The summed E-state index contributed by atoms with van der Waals surface area (Å²) in [5.41, 5.74) is 1.73. The molecule has 0 saturated carbocycles. The molecular weight excluding hydrogens is 244 g/mol. The first kappa shape index (κ1) is 13.1. The highest BCUT2D eigenvalue weighted by atomic mass is 16.5. The van der Waals surface area contributed by atoms with E-state index in [9.17, 15) is 4.79 Å². The van der Waals surface area contributed by atoms with Crippen molar-refractivity contribution in [1.82, 2.24) is 9.97 Å². The Bertz CT molecular complexity index is 578. The molecule has 5 heteroatoms. The molecule has 19 heavy (non-hydrogen) atoms. The molecule has 0 fully saturated rings. The Morgan fingerprint density at radius 1 is 1.47 bits per heavy atom. The number of imidazole rings is 1. The van der Waals surface area contributed by atoms with Crippen LogP contribution in [0.2, 0.25) is 0 Å². The molecule has 0 spiro atoms. The Labute approximate surface area is 111 Å². The quantitative estimate of drug-likeness (QED) is 0.866. The van der Waals surface area contributed by atoms with Gasteiger partial charge in [-0.2, -0.15) is 0 Å². The van der Waals surface area contributed by atoms with Crippen LogP contribution in [0.1, 0.15) is 25.1 Å². The third-order valence-corrected chi connectivity index (χ3v) is 2.94. The van der Waals surface area contributed by atoms with Gasteiger partial charge in [0.1, 0.15) is 11.6 Å². The van der Waals surface area contributed by atoms with Gasteiger partial charge in [0.25, 0.3) is 0 Å². The van der Waals surface area contributed by atoms with Crippen LogP contribution in [0.4, 0.5) is 0 Å². The molecule has 2 aromatic rings. The molecular formula is C14H16N2O3. The average Bonchev–Trinajstić information content (AvgIpc) is 2.87. The van der Waals surface area contributed by atoms with Gasteiger partial charge < -0.3 is 14.8 Å². The van der Waals surface area contributed by atoms with E-state index in [2.05, 4.69) is 9.97 Å². The van der Waals surface area contributed by atoms with Crippen molar-refractivity contribution in [3.63, 3.8) is 0 Å². The zero-order chi connectivity index (χ0) is 13.8.